The van der Waals surface area contributed by atoms with E-state index in [0.717, 1.165) is 39.0 Å². The molecule has 2 N–H and O–H groups in total. The number of ether oxygens (including phenoxy) is 1. The molecule has 0 spiro atoms. The molecule has 3 atom stereocenters. The fraction of sp³-hybridized carbons (Fsp3) is 0.909. The highest BCUT2D eigenvalue weighted by Crippen LogP contribution is 2.22. The van der Waals surface area contributed by atoms with Crippen molar-refractivity contribution in [1.82, 2.24) is 4.90 Å². The van der Waals surface area contributed by atoms with Crippen LogP contribution in [-0.4, -0.2) is 42.6 Å². The first-order valence-electron chi connectivity index (χ1n) is 5.84. The highest BCUT2D eigenvalue weighted by molar-refractivity contribution is 5.85. The molecule has 16 heavy (non-hydrogen) atoms. The Morgan fingerprint density at radius 3 is 2.75 bits per heavy atom. The highest BCUT2D eigenvalue weighted by atomic mass is 35.5. The maximum absolute atomic E-state index is 12.0. The van der Waals surface area contributed by atoms with Crippen LogP contribution in [0.15, 0.2) is 0 Å². The summed E-state index contributed by atoms with van der Waals surface area (Å²) in [5.74, 6) is 0.644. The van der Waals surface area contributed by atoms with E-state index in [2.05, 4.69) is 0 Å². The van der Waals surface area contributed by atoms with Crippen molar-refractivity contribution in [2.75, 3.05) is 19.7 Å². The Balaban J connectivity index is 0.00000128. The van der Waals surface area contributed by atoms with Gasteiger partial charge in [0.1, 0.15) is 6.10 Å². The maximum atomic E-state index is 12.0. The van der Waals surface area contributed by atoms with Crippen LogP contribution < -0.4 is 5.73 Å². The van der Waals surface area contributed by atoms with Gasteiger partial charge in [-0.1, -0.05) is 0 Å². The topological polar surface area (TPSA) is 55.6 Å². The molecule has 2 saturated heterocycles. The van der Waals surface area contributed by atoms with E-state index < -0.39 is 0 Å². The number of hydrogen-bond donors (Lipinski definition) is 1. The second-order valence-corrected chi connectivity index (χ2v) is 4.69. The summed E-state index contributed by atoms with van der Waals surface area (Å²) in [6, 6.07) is 0.187. The first-order valence-corrected chi connectivity index (χ1v) is 5.84. The molecular formula is C11H21ClN2O2. The first-order chi connectivity index (χ1) is 7.18. The number of carbonyl (C=O) groups excluding carboxylic acids is 1. The van der Waals surface area contributed by atoms with Crippen molar-refractivity contribution in [1.29, 1.82) is 0 Å². The summed E-state index contributed by atoms with van der Waals surface area (Å²) in [5.41, 5.74) is 5.84. The molecule has 0 aromatic heterocycles. The summed E-state index contributed by atoms with van der Waals surface area (Å²) < 4.78 is 5.40. The Kier molecular flexibility index (Phi) is 5.02. The Bertz CT molecular complexity index is 242. The van der Waals surface area contributed by atoms with Crippen molar-refractivity contribution in [2.45, 2.75) is 38.3 Å². The fourth-order valence-corrected chi connectivity index (χ4v) is 2.39. The van der Waals surface area contributed by atoms with E-state index in [1.165, 1.54) is 0 Å². The van der Waals surface area contributed by atoms with E-state index in [4.69, 9.17) is 10.5 Å². The second-order valence-electron chi connectivity index (χ2n) is 4.69. The maximum Gasteiger partial charge on any atom is 0.251 e. The molecule has 0 saturated carbocycles. The van der Waals surface area contributed by atoms with Crippen molar-refractivity contribution in [3.05, 3.63) is 0 Å². The van der Waals surface area contributed by atoms with Gasteiger partial charge in [0, 0.05) is 25.7 Å². The zero-order valence-corrected chi connectivity index (χ0v) is 10.5. The molecule has 0 aliphatic carbocycles. The number of likely N-dealkylation sites (tertiary alicyclic amines) is 1. The second kappa shape index (κ2) is 5.84. The third-order valence-corrected chi connectivity index (χ3v) is 3.49. The summed E-state index contributed by atoms with van der Waals surface area (Å²) in [6.45, 7) is 4.42. The van der Waals surface area contributed by atoms with Gasteiger partial charge in [0.15, 0.2) is 0 Å². The molecule has 0 aromatic carbocycles. The number of hydrogen-bond acceptors (Lipinski definition) is 3. The summed E-state index contributed by atoms with van der Waals surface area (Å²) in [5, 5.41) is 0. The van der Waals surface area contributed by atoms with Gasteiger partial charge in [-0.15, -0.1) is 12.4 Å². The van der Waals surface area contributed by atoms with Crippen LogP contribution in [0.25, 0.3) is 0 Å². The lowest BCUT2D eigenvalue weighted by molar-refractivity contribution is -0.139. The lowest BCUT2D eigenvalue weighted by Gasteiger charge is -2.21. The highest BCUT2D eigenvalue weighted by Gasteiger charge is 2.33. The molecule has 2 rings (SSSR count). The zero-order valence-electron chi connectivity index (χ0n) is 9.72. The summed E-state index contributed by atoms with van der Waals surface area (Å²) in [7, 11) is 0. The van der Waals surface area contributed by atoms with Crippen LogP contribution in [0, 0.1) is 5.92 Å². The molecule has 5 heteroatoms. The predicted molar refractivity (Wildman–Crippen MR) is 64.6 cm³/mol. The van der Waals surface area contributed by atoms with Crippen molar-refractivity contribution < 1.29 is 9.53 Å². The van der Waals surface area contributed by atoms with E-state index in [-0.39, 0.29) is 30.5 Å². The number of nitrogens with two attached hydrogens (primary N) is 1. The molecule has 2 aliphatic heterocycles. The van der Waals surface area contributed by atoms with Gasteiger partial charge in [-0.25, -0.2) is 0 Å². The molecule has 2 fully saturated rings. The summed E-state index contributed by atoms with van der Waals surface area (Å²) in [6.07, 6.45) is 2.77. The quantitative estimate of drug-likeness (QED) is 0.786. The van der Waals surface area contributed by atoms with Gasteiger partial charge < -0.3 is 15.4 Å². The van der Waals surface area contributed by atoms with Gasteiger partial charge >= 0.3 is 0 Å². The van der Waals surface area contributed by atoms with Crippen molar-refractivity contribution >= 4 is 18.3 Å². The summed E-state index contributed by atoms with van der Waals surface area (Å²) in [4.78, 5) is 13.9. The average molecular weight is 249 g/mol. The predicted octanol–water partition coefficient (Wildman–Crippen LogP) is 0.783. The van der Waals surface area contributed by atoms with Crippen LogP contribution in [0.1, 0.15) is 26.2 Å². The lowest BCUT2D eigenvalue weighted by atomic mass is 10.0. The minimum absolute atomic E-state index is 0. The minimum Gasteiger partial charge on any atom is -0.368 e. The smallest absolute Gasteiger partial charge is 0.251 e. The van der Waals surface area contributed by atoms with Crippen molar-refractivity contribution in [2.24, 2.45) is 11.7 Å². The number of nitrogens with zero attached hydrogens (tertiary/aromatic N) is 1. The number of carbonyl (C=O) groups is 1. The van der Waals surface area contributed by atoms with Gasteiger partial charge in [0.05, 0.1) is 0 Å². The number of halogens is 1. The van der Waals surface area contributed by atoms with Gasteiger partial charge in [-0.3, -0.25) is 4.79 Å². The molecule has 2 heterocycles. The molecule has 3 unspecified atom stereocenters. The third kappa shape index (κ3) is 2.87. The minimum atomic E-state index is -0.170. The van der Waals surface area contributed by atoms with E-state index in [0.29, 0.717) is 5.92 Å². The Morgan fingerprint density at radius 1 is 1.50 bits per heavy atom. The standard InChI is InChI=1S/C11H20N2O2.ClH/c1-8(12)9-4-5-13(7-9)11(14)10-3-2-6-15-10;/h8-10H,2-7,12H2,1H3;1H. The van der Waals surface area contributed by atoms with Gasteiger partial charge in [-0.05, 0) is 32.1 Å². The van der Waals surface area contributed by atoms with E-state index in [9.17, 15) is 4.79 Å². The zero-order chi connectivity index (χ0) is 10.8. The van der Waals surface area contributed by atoms with E-state index in [1.807, 2.05) is 11.8 Å². The van der Waals surface area contributed by atoms with E-state index in [1.54, 1.807) is 0 Å². The molecule has 94 valence electrons. The third-order valence-electron chi connectivity index (χ3n) is 3.49. The van der Waals surface area contributed by atoms with Crippen molar-refractivity contribution in [3.63, 3.8) is 0 Å². The van der Waals surface area contributed by atoms with Crippen LogP contribution in [0.2, 0.25) is 0 Å². The van der Waals surface area contributed by atoms with Gasteiger partial charge in [0.2, 0.25) is 0 Å². The van der Waals surface area contributed by atoms with Crippen LogP contribution >= 0.6 is 12.4 Å². The molecule has 0 aromatic rings. The normalized spacial score (nSPS) is 31.2. The van der Waals surface area contributed by atoms with Crippen LogP contribution in [-0.2, 0) is 9.53 Å². The van der Waals surface area contributed by atoms with Gasteiger partial charge in [0.25, 0.3) is 5.91 Å². The number of amides is 1. The van der Waals surface area contributed by atoms with E-state index >= 15 is 0 Å². The lowest BCUT2D eigenvalue weighted by Crippen LogP contribution is -2.38. The Hall–Kier alpha value is -0.320. The molecule has 1 amide bonds. The molecule has 4 nitrogen and oxygen atoms in total. The molecular weight excluding hydrogens is 228 g/mol. The Morgan fingerprint density at radius 2 is 2.25 bits per heavy atom. The van der Waals surface area contributed by atoms with Crippen LogP contribution in [0.5, 0.6) is 0 Å². The largest absolute Gasteiger partial charge is 0.368 e. The van der Waals surface area contributed by atoms with Crippen LogP contribution in [0.3, 0.4) is 0 Å². The SMILES string of the molecule is CC(N)C1CCN(C(=O)C2CCCO2)C1.Cl. The molecule has 2 aliphatic rings. The summed E-state index contributed by atoms with van der Waals surface area (Å²) >= 11 is 0. The Labute approximate surface area is 103 Å². The fourth-order valence-electron chi connectivity index (χ4n) is 2.39. The monoisotopic (exact) mass is 248 g/mol. The molecule has 0 bridgehead atoms. The van der Waals surface area contributed by atoms with Crippen LogP contribution in [0.4, 0.5) is 0 Å². The number of rotatable bonds is 2. The molecule has 0 radical (unpaired) electrons. The van der Waals surface area contributed by atoms with Crippen molar-refractivity contribution in [3.8, 4) is 0 Å². The average Bonchev–Trinajstić information content (AvgIpc) is 2.88. The van der Waals surface area contributed by atoms with Gasteiger partial charge in [-0.2, -0.15) is 0 Å². The first kappa shape index (κ1) is 13.7.